The van der Waals surface area contributed by atoms with Crippen LogP contribution in [0, 0.1) is 0 Å². The van der Waals surface area contributed by atoms with E-state index in [1.807, 2.05) is 63.6 Å². The zero-order valence-electron chi connectivity index (χ0n) is 18.0. The number of likely N-dealkylation sites (N-methyl/N-ethyl adjacent to an activating group) is 2. The van der Waals surface area contributed by atoms with Crippen molar-refractivity contribution in [3.63, 3.8) is 0 Å². The molecule has 0 aromatic heterocycles. The Morgan fingerprint density at radius 1 is 1.10 bits per heavy atom. The smallest absolute Gasteiger partial charge is 0.245 e. The monoisotopic (exact) mass is 410 g/mol. The van der Waals surface area contributed by atoms with Gasteiger partial charge in [-0.1, -0.05) is 24.3 Å². The molecule has 5 rings (SSSR count). The lowest BCUT2D eigenvalue weighted by atomic mass is 9.77. The van der Waals surface area contributed by atoms with Gasteiger partial charge >= 0.3 is 0 Å². The van der Waals surface area contributed by atoms with Crippen molar-refractivity contribution in [2.75, 3.05) is 59.0 Å². The van der Waals surface area contributed by atoms with Crippen LogP contribution in [0.15, 0.2) is 42.5 Å². The van der Waals surface area contributed by atoms with Crippen LogP contribution >= 0.6 is 0 Å². The highest BCUT2D eigenvalue weighted by molar-refractivity contribution is 6.11. The Bertz CT molecular complexity index is 902. The summed E-state index contributed by atoms with van der Waals surface area (Å²) in [6.07, 6.45) is 2.56. The van der Waals surface area contributed by atoms with Crippen molar-refractivity contribution in [1.82, 2.24) is 4.90 Å². The van der Waals surface area contributed by atoms with Crippen molar-refractivity contribution >= 4 is 11.6 Å². The molecule has 3 aliphatic rings. The highest BCUT2D eigenvalue weighted by Gasteiger charge is 2.55. The molecule has 1 saturated heterocycles. The average Bonchev–Trinajstić information content (AvgIpc) is 3.48. The molecule has 6 nitrogen and oxygen atoms in total. The van der Waals surface area contributed by atoms with Gasteiger partial charge in [0.05, 0.1) is 0 Å². The minimum Gasteiger partial charge on any atom is -0.492 e. The van der Waals surface area contributed by atoms with E-state index in [-0.39, 0.29) is 5.91 Å². The van der Waals surface area contributed by atoms with Gasteiger partial charge in [0.25, 0.3) is 0 Å². The second-order valence-corrected chi connectivity index (χ2v) is 8.20. The van der Waals surface area contributed by atoms with E-state index in [1.54, 1.807) is 4.90 Å². The first-order valence-electron chi connectivity index (χ1n) is 10.5. The number of para-hydroxylation sites is 1. The maximum absolute atomic E-state index is 13.1. The molecule has 30 heavy (non-hydrogen) atoms. The molecular weight excluding hydrogens is 380 g/mol. The van der Waals surface area contributed by atoms with Gasteiger partial charge in [0.2, 0.25) is 5.91 Å². The molecule has 1 atom stereocenters. The number of carbonyl (C=O) groups excluding carboxylic acids is 1. The first-order valence-corrected chi connectivity index (χ1v) is 10.5. The number of carbonyl (C=O) groups is 1. The van der Waals surface area contributed by atoms with Gasteiger partial charge in [-0.2, -0.15) is 0 Å². The van der Waals surface area contributed by atoms with Crippen LogP contribution in [-0.4, -0.2) is 64.9 Å². The zero-order valence-corrected chi connectivity index (χ0v) is 18.0. The Kier molecular flexibility index (Phi) is 5.97. The Morgan fingerprint density at radius 3 is 2.57 bits per heavy atom. The van der Waals surface area contributed by atoms with Gasteiger partial charge in [0.1, 0.15) is 30.1 Å². The van der Waals surface area contributed by atoms with Crippen molar-refractivity contribution in [3.8, 4) is 11.5 Å². The minimum absolute atomic E-state index is 0.0636. The van der Waals surface area contributed by atoms with E-state index < -0.39 is 5.41 Å². The highest BCUT2D eigenvalue weighted by Crippen LogP contribution is 2.52. The number of benzene rings is 2. The third-order valence-electron chi connectivity index (χ3n) is 5.89. The normalized spacial score (nSPS) is 21.3. The Balaban J connectivity index is 0.000000383. The molecule has 0 saturated carbocycles. The SMILES string of the molecule is C1CCOC1.CN(C)CCOc1ccc2c(c1)OCC21C(=O)N(C)c2ccccc21. The molecule has 1 spiro atoms. The van der Waals surface area contributed by atoms with Gasteiger partial charge in [0, 0.05) is 44.1 Å². The molecule has 0 N–H and O–H groups in total. The molecule has 1 unspecified atom stereocenters. The van der Waals surface area contributed by atoms with Crippen molar-refractivity contribution in [1.29, 1.82) is 0 Å². The van der Waals surface area contributed by atoms with E-state index >= 15 is 0 Å². The molecule has 0 radical (unpaired) electrons. The third-order valence-corrected chi connectivity index (χ3v) is 5.89. The van der Waals surface area contributed by atoms with E-state index in [0.717, 1.165) is 48.1 Å². The number of rotatable bonds is 4. The van der Waals surface area contributed by atoms with E-state index in [0.29, 0.717) is 13.2 Å². The lowest BCUT2D eigenvalue weighted by Gasteiger charge is -2.21. The summed E-state index contributed by atoms with van der Waals surface area (Å²) in [5, 5.41) is 0. The van der Waals surface area contributed by atoms with Crippen LogP contribution in [0.1, 0.15) is 24.0 Å². The highest BCUT2D eigenvalue weighted by atomic mass is 16.5. The topological polar surface area (TPSA) is 51.2 Å². The predicted octanol–water partition coefficient (Wildman–Crippen LogP) is 3.08. The molecule has 3 heterocycles. The van der Waals surface area contributed by atoms with E-state index in [1.165, 1.54) is 12.8 Å². The molecule has 3 aliphatic heterocycles. The second kappa shape index (κ2) is 8.66. The third kappa shape index (κ3) is 3.66. The standard InChI is InChI=1S/C20H22N2O3.C4H8O/c1-21(2)10-11-24-14-8-9-16-18(12-14)25-13-20(16)15-6-4-5-7-17(15)22(3)19(20)23;1-2-4-5-3-1/h4-9,12H,10-11,13H2,1-3H3;1-4H2. The molecule has 160 valence electrons. The summed E-state index contributed by atoms with van der Waals surface area (Å²) in [5.41, 5.74) is 2.16. The number of fused-ring (bicyclic) bond motifs is 4. The summed E-state index contributed by atoms with van der Waals surface area (Å²) in [7, 11) is 5.85. The summed E-state index contributed by atoms with van der Waals surface area (Å²) >= 11 is 0. The average molecular weight is 411 g/mol. The summed E-state index contributed by atoms with van der Waals surface area (Å²) in [4.78, 5) is 16.9. The maximum Gasteiger partial charge on any atom is 0.245 e. The van der Waals surface area contributed by atoms with Gasteiger partial charge in [0.15, 0.2) is 0 Å². The Hall–Kier alpha value is -2.57. The van der Waals surface area contributed by atoms with Gasteiger partial charge in [-0.3, -0.25) is 4.79 Å². The molecule has 6 heteroatoms. The molecule has 1 fully saturated rings. The van der Waals surface area contributed by atoms with Crippen LogP contribution in [0.25, 0.3) is 0 Å². The van der Waals surface area contributed by atoms with E-state index in [4.69, 9.17) is 14.2 Å². The van der Waals surface area contributed by atoms with Gasteiger partial charge in [-0.15, -0.1) is 0 Å². The fraction of sp³-hybridized carbons (Fsp3) is 0.458. The van der Waals surface area contributed by atoms with Crippen LogP contribution in [0.3, 0.4) is 0 Å². The molecule has 0 aliphatic carbocycles. The van der Waals surface area contributed by atoms with Gasteiger partial charge in [-0.25, -0.2) is 0 Å². The van der Waals surface area contributed by atoms with Crippen molar-refractivity contribution in [2.45, 2.75) is 18.3 Å². The first kappa shape index (κ1) is 20.7. The van der Waals surface area contributed by atoms with Gasteiger partial charge in [-0.05, 0) is 44.6 Å². The molecule has 0 bridgehead atoms. The number of hydrogen-bond donors (Lipinski definition) is 0. The minimum atomic E-state index is -0.733. The van der Waals surface area contributed by atoms with Crippen LogP contribution in [0.5, 0.6) is 11.5 Å². The first-order chi connectivity index (χ1) is 14.5. The number of amides is 1. The Labute approximate surface area is 178 Å². The van der Waals surface area contributed by atoms with Crippen molar-refractivity contribution < 1.29 is 19.0 Å². The summed E-state index contributed by atoms with van der Waals surface area (Å²) in [6.45, 7) is 3.80. The second-order valence-electron chi connectivity index (χ2n) is 8.20. The van der Waals surface area contributed by atoms with Crippen LogP contribution < -0.4 is 14.4 Å². The Morgan fingerprint density at radius 2 is 1.87 bits per heavy atom. The number of anilines is 1. The van der Waals surface area contributed by atoms with Crippen LogP contribution in [0.2, 0.25) is 0 Å². The molecule has 1 amide bonds. The lowest BCUT2D eigenvalue weighted by Crippen LogP contribution is -2.40. The van der Waals surface area contributed by atoms with Gasteiger partial charge < -0.3 is 24.0 Å². The quantitative estimate of drug-likeness (QED) is 0.775. The summed E-state index contributed by atoms with van der Waals surface area (Å²) < 4.78 is 16.7. The molecule has 2 aromatic carbocycles. The zero-order chi connectivity index (χ0) is 21.1. The van der Waals surface area contributed by atoms with E-state index in [2.05, 4.69) is 4.90 Å². The molecular formula is C24H30N2O4. The fourth-order valence-corrected chi connectivity index (χ4v) is 4.22. The van der Waals surface area contributed by atoms with Crippen molar-refractivity contribution in [3.05, 3.63) is 53.6 Å². The van der Waals surface area contributed by atoms with Crippen molar-refractivity contribution in [2.24, 2.45) is 0 Å². The predicted molar refractivity (Wildman–Crippen MR) is 117 cm³/mol. The molecule has 2 aromatic rings. The van der Waals surface area contributed by atoms with E-state index in [9.17, 15) is 4.79 Å². The number of nitrogens with zero attached hydrogens (tertiary/aromatic N) is 2. The maximum atomic E-state index is 13.1. The fourth-order valence-electron chi connectivity index (χ4n) is 4.22. The largest absolute Gasteiger partial charge is 0.492 e. The number of hydrogen-bond acceptors (Lipinski definition) is 5. The summed E-state index contributed by atoms with van der Waals surface area (Å²) in [5.74, 6) is 1.57. The number of ether oxygens (including phenoxy) is 3. The summed E-state index contributed by atoms with van der Waals surface area (Å²) in [6, 6.07) is 13.7. The van der Waals surface area contributed by atoms with Crippen LogP contribution in [0.4, 0.5) is 5.69 Å². The lowest BCUT2D eigenvalue weighted by molar-refractivity contribution is -0.121. The van der Waals surface area contributed by atoms with Crippen LogP contribution in [-0.2, 0) is 14.9 Å².